The number of hydrogen-bond acceptors (Lipinski definition) is 5. The van der Waals surface area contributed by atoms with Gasteiger partial charge in [0, 0.05) is 24.9 Å². The van der Waals surface area contributed by atoms with Crippen molar-refractivity contribution in [3.8, 4) is 0 Å². The standard InChI is InChI=1S/C23H36FN5O4.ClH/c1-22(2,3)17(25)20(32)29-9-13-11-6-12(15(24)8-11)16(13)23(29,21(27)33)14(18(26)30)7-10-4-5-28-19(10)31;/h10-17H,4-9,25H2,1-3H3,(H2,26,30)(H2,27,33)(H,28,31);1H/t10-,11?,12?,13?,14-,15?,16?,17-,23?;/m1./s1. The molecule has 4 amide bonds. The van der Waals surface area contributed by atoms with Crippen LogP contribution in [0.25, 0.3) is 0 Å². The van der Waals surface area contributed by atoms with Gasteiger partial charge >= 0.3 is 0 Å². The smallest absolute Gasteiger partial charge is 0.244 e. The zero-order chi connectivity index (χ0) is 24.5. The van der Waals surface area contributed by atoms with Crippen molar-refractivity contribution in [3.05, 3.63) is 0 Å². The lowest BCUT2D eigenvalue weighted by atomic mass is 9.63. The van der Waals surface area contributed by atoms with Crippen molar-refractivity contribution in [2.24, 2.45) is 58.1 Å². The Morgan fingerprint density at radius 2 is 1.85 bits per heavy atom. The Labute approximate surface area is 205 Å². The first-order chi connectivity index (χ1) is 15.3. The molecule has 2 aliphatic carbocycles. The van der Waals surface area contributed by atoms with E-state index < -0.39 is 64.6 Å². The second-order valence-electron chi connectivity index (χ2n) is 11.6. The quantitative estimate of drug-likeness (QED) is 0.404. The summed E-state index contributed by atoms with van der Waals surface area (Å²) in [4.78, 5) is 53.8. The number of likely N-dealkylation sites (tertiary alicyclic amines) is 1. The third-order valence-corrected chi connectivity index (χ3v) is 8.86. The van der Waals surface area contributed by atoms with E-state index in [-0.39, 0.29) is 43.1 Å². The Hall–Kier alpha value is -1.94. The van der Waals surface area contributed by atoms with Crippen molar-refractivity contribution < 1.29 is 23.6 Å². The van der Waals surface area contributed by atoms with Crippen LogP contribution in [0.3, 0.4) is 0 Å². The molecule has 4 fully saturated rings. The SMILES string of the molecule is CC(C)(C)[C@H](N)C(=O)N1CC2C3CC(F)C(C3)C2C1(C(N)=O)[C@H](C[C@H]1CCNC1=O)C(N)=O.Cl. The first kappa shape index (κ1) is 26.7. The van der Waals surface area contributed by atoms with E-state index in [1.165, 1.54) is 4.90 Å². The molecule has 2 saturated heterocycles. The molecule has 2 aliphatic heterocycles. The lowest BCUT2D eigenvalue weighted by Gasteiger charge is -2.48. The number of nitrogens with zero attached hydrogens (tertiary/aromatic N) is 1. The van der Waals surface area contributed by atoms with Crippen LogP contribution in [0.5, 0.6) is 0 Å². The van der Waals surface area contributed by atoms with E-state index in [4.69, 9.17) is 17.2 Å². The zero-order valence-corrected chi connectivity index (χ0v) is 20.8. The number of rotatable bonds is 6. The first-order valence-electron chi connectivity index (χ1n) is 11.9. The molecular formula is C23H37ClFN5O4. The van der Waals surface area contributed by atoms with Gasteiger partial charge in [-0.1, -0.05) is 20.8 Å². The molecule has 4 aliphatic rings. The average molecular weight is 502 g/mol. The average Bonchev–Trinajstić information content (AvgIpc) is 3.45. The van der Waals surface area contributed by atoms with Crippen LogP contribution in [0.15, 0.2) is 0 Å². The lowest BCUT2D eigenvalue weighted by molar-refractivity contribution is -0.157. The summed E-state index contributed by atoms with van der Waals surface area (Å²) in [7, 11) is 0. The molecular weight excluding hydrogens is 465 g/mol. The van der Waals surface area contributed by atoms with Gasteiger partial charge in [0.15, 0.2) is 0 Å². The molecule has 0 radical (unpaired) electrons. The summed E-state index contributed by atoms with van der Waals surface area (Å²) in [6, 6.07) is -0.961. The van der Waals surface area contributed by atoms with E-state index in [2.05, 4.69) is 5.32 Å². The third kappa shape index (κ3) is 3.77. The number of hydrogen-bond donors (Lipinski definition) is 4. The van der Waals surface area contributed by atoms with Crippen LogP contribution < -0.4 is 22.5 Å². The van der Waals surface area contributed by atoms with E-state index in [9.17, 15) is 19.2 Å². The van der Waals surface area contributed by atoms with Crippen molar-refractivity contribution in [1.82, 2.24) is 10.2 Å². The minimum Gasteiger partial charge on any atom is -0.369 e. The molecule has 9 atom stereocenters. The zero-order valence-electron chi connectivity index (χ0n) is 20.0. The van der Waals surface area contributed by atoms with E-state index in [1.54, 1.807) is 0 Å². The molecule has 192 valence electrons. The summed E-state index contributed by atoms with van der Waals surface area (Å²) in [6.07, 6.45) is 0.299. The molecule has 0 spiro atoms. The summed E-state index contributed by atoms with van der Waals surface area (Å²) in [5, 5.41) is 2.73. The fourth-order valence-electron chi connectivity index (χ4n) is 7.21. The molecule has 9 nitrogen and oxygen atoms in total. The van der Waals surface area contributed by atoms with Crippen molar-refractivity contribution in [3.63, 3.8) is 0 Å². The number of primary amides is 2. The molecule has 2 saturated carbocycles. The van der Waals surface area contributed by atoms with Gasteiger partial charge in [0.2, 0.25) is 23.6 Å². The molecule has 0 aromatic heterocycles. The Morgan fingerprint density at radius 1 is 1.21 bits per heavy atom. The summed E-state index contributed by atoms with van der Waals surface area (Å²) >= 11 is 0. The van der Waals surface area contributed by atoms with E-state index in [1.807, 2.05) is 20.8 Å². The fourth-order valence-corrected chi connectivity index (χ4v) is 7.21. The number of halogens is 2. The number of nitrogens with one attached hydrogen (secondary N) is 1. The van der Waals surface area contributed by atoms with Gasteiger partial charge < -0.3 is 27.4 Å². The first-order valence-corrected chi connectivity index (χ1v) is 11.9. The van der Waals surface area contributed by atoms with Gasteiger partial charge in [0.05, 0.1) is 12.0 Å². The van der Waals surface area contributed by atoms with Crippen molar-refractivity contribution >= 4 is 36.0 Å². The predicted molar refractivity (Wildman–Crippen MR) is 125 cm³/mol. The van der Waals surface area contributed by atoms with Gasteiger partial charge in [-0.25, -0.2) is 4.39 Å². The van der Waals surface area contributed by atoms with Crippen LogP contribution in [-0.4, -0.2) is 59.4 Å². The number of amides is 4. The summed E-state index contributed by atoms with van der Waals surface area (Å²) in [5.41, 5.74) is 15.8. The van der Waals surface area contributed by atoms with E-state index in [0.29, 0.717) is 25.8 Å². The van der Waals surface area contributed by atoms with Crippen molar-refractivity contribution in [2.75, 3.05) is 13.1 Å². The fraction of sp³-hybridized carbons (Fsp3) is 0.826. The van der Waals surface area contributed by atoms with E-state index >= 15 is 4.39 Å². The number of carbonyl (C=O) groups excluding carboxylic acids is 4. The Morgan fingerprint density at radius 3 is 2.35 bits per heavy atom. The highest BCUT2D eigenvalue weighted by Gasteiger charge is 2.72. The minimum atomic E-state index is -1.80. The number of fused-ring (bicyclic) bond motifs is 5. The van der Waals surface area contributed by atoms with Crippen molar-refractivity contribution in [2.45, 2.75) is 64.2 Å². The highest BCUT2D eigenvalue weighted by atomic mass is 35.5. The van der Waals surface area contributed by atoms with Crippen LogP contribution in [0.2, 0.25) is 0 Å². The van der Waals surface area contributed by atoms with Gasteiger partial charge in [-0.15, -0.1) is 12.4 Å². The summed E-state index contributed by atoms with van der Waals surface area (Å²) in [6.45, 7) is 6.08. The van der Waals surface area contributed by atoms with Gasteiger partial charge in [-0.3, -0.25) is 19.2 Å². The van der Waals surface area contributed by atoms with Crippen LogP contribution in [0, 0.1) is 40.9 Å². The minimum absolute atomic E-state index is 0. The Kier molecular flexibility index (Phi) is 7.00. The van der Waals surface area contributed by atoms with Gasteiger partial charge in [0.1, 0.15) is 11.7 Å². The maximum Gasteiger partial charge on any atom is 0.244 e. The molecule has 2 heterocycles. The Balaban J connectivity index is 0.00000324. The Bertz CT molecular complexity index is 882. The topological polar surface area (TPSA) is 162 Å². The van der Waals surface area contributed by atoms with Crippen LogP contribution in [-0.2, 0) is 19.2 Å². The summed E-state index contributed by atoms with van der Waals surface area (Å²) in [5.74, 6) is -5.42. The number of nitrogens with two attached hydrogens (primary N) is 3. The highest BCUT2D eigenvalue weighted by molar-refractivity contribution is 5.98. The maximum atomic E-state index is 15.0. The van der Waals surface area contributed by atoms with E-state index in [0.717, 1.165) is 0 Å². The molecule has 0 aromatic carbocycles. The predicted octanol–water partition coefficient (Wildman–Crippen LogP) is 0.0859. The molecule has 4 rings (SSSR count). The third-order valence-electron chi connectivity index (χ3n) is 8.86. The number of carbonyl (C=O) groups is 4. The number of alkyl halides is 1. The summed E-state index contributed by atoms with van der Waals surface area (Å²) < 4.78 is 15.0. The van der Waals surface area contributed by atoms with Gasteiger partial charge in [-0.2, -0.15) is 0 Å². The van der Waals surface area contributed by atoms with Crippen LogP contribution >= 0.6 is 12.4 Å². The maximum absolute atomic E-state index is 15.0. The second kappa shape index (κ2) is 8.93. The lowest BCUT2D eigenvalue weighted by Crippen LogP contribution is -2.69. The van der Waals surface area contributed by atoms with Crippen molar-refractivity contribution in [1.29, 1.82) is 0 Å². The molecule has 2 bridgehead atoms. The molecule has 6 unspecified atom stereocenters. The van der Waals surface area contributed by atoms with Gasteiger partial charge in [-0.05, 0) is 48.9 Å². The molecule has 11 heteroatoms. The van der Waals surface area contributed by atoms with Crippen LogP contribution in [0.1, 0.15) is 46.5 Å². The second-order valence-corrected chi connectivity index (χ2v) is 11.6. The normalized spacial score (nSPS) is 38.1. The van der Waals surface area contributed by atoms with Crippen LogP contribution in [0.4, 0.5) is 4.39 Å². The highest BCUT2D eigenvalue weighted by Crippen LogP contribution is 2.63. The van der Waals surface area contributed by atoms with Gasteiger partial charge in [0.25, 0.3) is 0 Å². The molecule has 34 heavy (non-hydrogen) atoms. The molecule has 7 N–H and O–H groups in total. The largest absolute Gasteiger partial charge is 0.369 e. The molecule has 0 aromatic rings. The monoisotopic (exact) mass is 501 g/mol.